The lowest BCUT2D eigenvalue weighted by molar-refractivity contribution is 0.0996. The molecule has 0 atom stereocenters. The zero-order chi connectivity index (χ0) is 85.4. The Morgan fingerprint density at radius 3 is 1.49 bits per heavy atom. The topological polar surface area (TPSA) is 432 Å². The van der Waals surface area contributed by atoms with Crippen molar-refractivity contribution in [3.63, 3.8) is 0 Å². The van der Waals surface area contributed by atoms with Crippen molar-refractivity contribution < 1.29 is 4.79 Å². The number of aromatic nitrogens is 21. The number of nitrogens with zero attached hydrogens (tertiary/aromatic N) is 19. The van der Waals surface area contributed by atoms with Gasteiger partial charge in [0.05, 0.1) is 60.8 Å². The van der Waals surface area contributed by atoms with E-state index < -0.39 is 0 Å². The highest BCUT2D eigenvalue weighted by atomic mass is 32.1. The maximum absolute atomic E-state index is 11.7. The molecule has 16 heterocycles. The van der Waals surface area contributed by atoms with E-state index in [1.165, 1.54) is 44.0 Å². The summed E-state index contributed by atoms with van der Waals surface area (Å²) < 4.78 is 16.1. The predicted octanol–water partition coefficient (Wildman–Crippen LogP) is 17.0. The number of hydrogen-bond donors (Lipinski definition) is 7. The van der Waals surface area contributed by atoms with Crippen molar-refractivity contribution in [3.8, 4) is 0 Å². The summed E-state index contributed by atoms with van der Waals surface area (Å²) in [5, 5.41) is 19.7. The fourth-order valence-corrected chi connectivity index (χ4v) is 15.6. The first kappa shape index (κ1) is 90.6. The summed E-state index contributed by atoms with van der Waals surface area (Å²) in [6.07, 6.45) is 14.2. The standard InChI is InChI=1S/C11H15N3.C11H14N2OS.C11H14N2S.C10H13N3OS.C10H13N3O.C10H13N3S.C9H13N5O.C9H13N5.CH4/c1-11(2,3)14-7-5-8-9(12)4-6-13-10(8)14;1-6-12-8-7(10(14)13-6)5-15-9(8)11(2,3)4;1-11(2,3)10-9-7(6-14-10)8(12)4-5-13-9;1-5-11-6-7(9(14)12-5)13-15-8(6)10(2,3)4;1-10(2,3)13-6-12-8-7(14)4-5-11-9(8)13;1-10(2,3)9-8-7(13-14-9)6(11)4-5-12-8;1-5-10-7-6(8(15)11-5)12-13-14(7)9(2,3)4;1-9(2,3)14-8-6(4-13-14)7(10)11-5-12-8;/h4-7H,1-3H3,(H2,12,13);5H,1-4H3,(H,12,13,14);4-6H,12H2,1-3H3;1-4H3,(H,11,12,14);5-6H,4H2,1-3H3;4-5H,11H2,1-3H3;1-4H3,(H,10,11,15);4-5H,1-3H3,(H2,10,11,12);1H4. The number of imidazole rings is 1. The van der Waals surface area contributed by atoms with Gasteiger partial charge >= 0.3 is 0 Å². The molecular formula is C82H112N26O4S4. The van der Waals surface area contributed by atoms with Crippen LogP contribution in [-0.4, -0.2) is 114 Å². The van der Waals surface area contributed by atoms with E-state index >= 15 is 0 Å². The lowest BCUT2D eigenvalue weighted by Crippen LogP contribution is -2.24. The van der Waals surface area contributed by atoms with Crippen LogP contribution in [0.5, 0.6) is 0 Å². The minimum absolute atomic E-state index is 0. The predicted molar refractivity (Wildman–Crippen MR) is 479 cm³/mol. The van der Waals surface area contributed by atoms with Gasteiger partial charge < -0.3 is 47.0 Å². The molecule has 618 valence electrons. The summed E-state index contributed by atoms with van der Waals surface area (Å²) in [7, 11) is 0. The van der Waals surface area contributed by atoms with Gasteiger partial charge in [-0.2, -0.15) is 13.8 Å². The molecule has 1 aliphatic heterocycles. The zero-order valence-corrected chi connectivity index (χ0v) is 74.1. The number of ketones is 1. The minimum Gasteiger partial charge on any atom is -0.398 e. The second-order valence-corrected chi connectivity index (χ2v) is 39.1. The van der Waals surface area contributed by atoms with E-state index in [1.54, 1.807) is 84.6 Å². The molecule has 0 aliphatic carbocycles. The Bertz CT molecular complexity index is 5610. The molecule has 1 aliphatic rings. The van der Waals surface area contributed by atoms with Crippen molar-refractivity contribution in [1.29, 1.82) is 0 Å². The normalized spacial score (nSPS) is 12.6. The number of rotatable bonds is 0. The SMILES string of the molecule is C.CC(C)(C)c1scc2c(N)ccnc12.CC(C)(C)c1snc2c(N)ccnc12.CC(C)(C)n1ccc2c(N)ccnc21.CC(C)(C)n1cnc2c1N=CCC2=O.CC(C)(C)n1ncc2c(N)ncnc21.Cc1nc2c(C(C)(C)C)scc2c(=O)[nH]1.Cc1nc2c(C(C)(C)C)snc2c(=O)[nH]1.Cc1nc2c(nnn2C(C)(C)C)c(=O)[nH]1. The monoisotopic (exact) mass is 1650 g/mol. The molecule has 15 aromatic heterocycles. The molecule has 116 heavy (non-hydrogen) atoms. The second kappa shape index (κ2) is 34.5. The first-order valence-electron chi connectivity index (χ1n) is 37.3. The number of pyridine rings is 3. The number of nitrogen functional groups attached to an aromatic ring is 4. The fourth-order valence-electron chi connectivity index (χ4n) is 11.7. The largest absolute Gasteiger partial charge is 0.398 e. The summed E-state index contributed by atoms with van der Waals surface area (Å²) in [4.78, 5) is 101. The van der Waals surface area contributed by atoms with Crippen molar-refractivity contribution in [2.75, 3.05) is 22.9 Å². The highest BCUT2D eigenvalue weighted by molar-refractivity contribution is 7.12. The van der Waals surface area contributed by atoms with Crippen LogP contribution in [0.25, 0.3) is 77.1 Å². The number of nitrogens with one attached hydrogen (secondary N) is 3. The summed E-state index contributed by atoms with van der Waals surface area (Å²) >= 11 is 6.20. The van der Waals surface area contributed by atoms with Gasteiger partial charge in [-0.25, -0.2) is 49.2 Å². The van der Waals surface area contributed by atoms with E-state index in [9.17, 15) is 19.2 Å². The highest BCUT2D eigenvalue weighted by Crippen LogP contribution is 2.39. The molecule has 0 fully saturated rings. The number of anilines is 4. The third kappa shape index (κ3) is 20.8. The number of thiophene rings is 2. The van der Waals surface area contributed by atoms with Crippen LogP contribution in [0.3, 0.4) is 0 Å². The van der Waals surface area contributed by atoms with E-state index in [-0.39, 0.29) is 79.2 Å². The van der Waals surface area contributed by atoms with Gasteiger partial charge in [0.1, 0.15) is 51.8 Å². The first-order valence-corrected chi connectivity index (χ1v) is 40.6. The van der Waals surface area contributed by atoms with E-state index in [0.29, 0.717) is 63.5 Å². The van der Waals surface area contributed by atoms with Crippen LogP contribution in [0.2, 0.25) is 0 Å². The maximum atomic E-state index is 11.7. The second-order valence-electron chi connectivity index (χ2n) is 35.8. The van der Waals surface area contributed by atoms with Gasteiger partial charge in [-0.05, 0) is 162 Å². The van der Waals surface area contributed by atoms with Gasteiger partial charge in [-0.1, -0.05) is 95.7 Å². The highest BCUT2D eigenvalue weighted by Gasteiger charge is 2.29. The molecule has 0 bridgehead atoms. The van der Waals surface area contributed by atoms with Crippen LogP contribution in [0.1, 0.15) is 227 Å². The summed E-state index contributed by atoms with van der Waals surface area (Å²) in [5.74, 6) is 3.10. The number of carbonyl (C=O) groups is 1. The zero-order valence-electron chi connectivity index (χ0n) is 70.9. The van der Waals surface area contributed by atoms with Gasteiger partial charge in [-0.15, -0.1) is 27.8 Å². The Kier molecular flexibility index (Phi) is 26.9. The number of carbonyl (C=O) groups excluding carboxylic acids is 1. The molecule has 0 spiro atoms. The Morgan fingerprint density at radius 1 is 0.431 bits per heavy atom. The summed E-state index contributed by atoms with van der Waals surface area (Å²) in [6.45, 7) is 55.9. The molecule has 0 amide bonds. The number of aromatic amines is 3. The molecule has 16 rings (SSSR count). The lowest BCUT2D eigenvalue weighted by Gasteiger charge is -2.22. The van der Waals surface area contributed by atoms with Crippen LogP contribution in [0.4, 0.5) is 28.7 Å². The Balaban J connectivity index is 0.000000165. The summed E-state index contributed by atoms with van der Waals surface area (Å²) in [6, 6.07) is 7.48. The van der Waals surface area contributed by atoms with Crippen LogP contribution in [0, 0.1) is 20.8 Å². The van der Waals surface area contributed by atoms with Crippen LogP contribution >= 0.6 is 45.7 Å². The van der Waals surface area contributed by atoms with Gasteiger partial charge in [0.2, 0.25) is 0 Å². The average Bonchev–Trinajstić information content (AvgIpc) is 1.65. The van der Waals surface area contributed by atoms with Crippen molar-refractivity contribution in [2.24, 2.45) is 4.99 Å². The Morgan fingerprint density at radius 2 is 0.922 bits per heavy atom. The van der Waals surface area contributed by atoms with E-state index in [2.05, 4.69) is 244 Å². The van der Waals surface area contributed by atoms with Gasteiger partial charge in [0.25, 0.3) is 16.7 Å². The van der Waals surface area contributed by atoms with Gasteiger partial charge in [0, 0.05) is 102 Å². The van der Waals surface area contributed by atoms with Gasteiger partial charge in [0.15, 0.2) is 39.6 Å². The third-order valence-corrected chi connectivity index (χ3v) is 22.7. The molecule has 0 saturated heterocycles. The van der Waals surface area contributed by atoms with Crippen molar-refractivity contribution in [1.82, 2.24) is 102 Å². The van der Waals surface area contributed by atoms with Crippen LogP contribution < -0.4 is 39.6 Å². The number of nitrogens with two attached hydrogens (primary N) is 4. The lowest BCUT2D eigenvalue weighted by atomic mass is 9.93. The fraction of sp³-hybridized carbons (Fsp3) is 0.451. The molecule has 30 nitrogen and oxygen atoms in total. The number of fused-ring (bicyclic) bond motifs is 8. The van der Waals surface area contributed by atoms with E-state index in [1.807, 2.05) is 66.7 Å². The number of Topliss-reactive ketones (excluding diaryl/α,β-unsaturated/α-hetero) is 1. The molecular weight excluding hydrogens is 1540 g/mol. The van der Waals surface area contributed by atoms with Crippen LogP contribution in [0.15, 0.2) is 98.0 Å². The third-order valence-electron chi connectivity index (χ3n) is 17.4. The van der Waals surface area contributed by atoms with Crippen molar-refractivity contribution in [2.45, 2.75) is 245 Å². The number of aryl methyl sites for hydroxylation is 3. The number of hydrogen-bond acceptors (Lipinski definition) is 27. The Labute approximate surface area is 691 Å². The molecule has 0 aromatic carbocycles. The Hall–Kier alpha value is -11.0. The van der Waals surface area contributed by atoms with Crippen LogP contribution in [-0.2, 0) is 43.8 Å². The van der Waals surface area contributed by atoms with E-state index in [4.69, 9.17) is 22.9 Å². The van der Waals surface area contributed by atoms with Crippen molar-refractivity contribution >= 4 is 164 Å². The quantitative estimate of drug-likeness (QED) is 0.0741. The average molecular weight is 1650 g/mol. The molecule has 0 unspecified atom stereocenters. The molecule has 34 heteroatoms. The smallest absolute Gasteiger partial charge is 0.281 e. The number of H-pyrrole nitrogens is 3. The number of aliphatic imine (C=N–C) groups is 1. The van der Waals surface area contributed by atoms with E-state index in [0.717, 1.165) is 71.3 Å². The summed E-state index contributed by atoms with van der Waals surface area (Å²) in [5.41, 5.74) is 33.0. The molecule has 15 aromatic rings. The van der Waals surface area contributed by atoms with Gasteiger partial charge in [-0.3, -0.25) is 29.1 Å². The minimum atomic E-state index is -0.243. The molecule has 0 radical (unpaired) electrons. The maximum Gasteiger partial charge on any atom is 0.281 e. The van der Waals surface area contributed by atoms with Crippen molar-refractivity contribution in [3.05, 3.63) is 152 Å². The molecule has 11 N–H and O–H groups in total. The first-order chi connectivity index (χ1) is 53.2. The molecule has 0 saturated carbocycles.